The van der Waals surface area contributed by atoms with Crippen LogP contribution in [-0.2, 0) is 5.75 Å². The van der Waals surface area contributed by atoms with Crippen molar-refractivity contribution in [3.8, 4) is 17.1 Å². The van der Waals surface area contributed by atoms with Gasteiger partial charge in [0.05, 0.1) is 0 Å². The molecule has 0 atom stereocenters. The first-order valence-corrected chi connectivity index (χ1v) is 10.0. The summed E-state index contributed by atoms with van der Waals surface area (Å²) in [4.78, 5) is 15.3. The van der Waals surface area contributed by atoms with E-state index in [1.807, 2.05) is 24.3 Å². The van der Waals surface area contributed by atoms with Crippen molar-refractivity contribution in [3.63, 3.8) is 0 Å². The molecule has 0 aliphatic rings. The van der Waals surface area contributed by atoms with E-state index in [9.17, 15) is 4.79 Å². The number of aryl methyl sites for hydroxylation is 1. The number of primary amides is 1. The number of benzene rings is 2. The molecule has 6 nitrogen and oxygen atoms in total. The molecule has 2 aromatic carbocycles. The number of thioether (sulfide) groups is 1. The van der Waals surface area contributed by atoms with Gasteiger partial charge in [-0.2, -0.15) is 0 Å². The third kappa shape index (κ3) is 4.20. The molecular weight excluding hydrogens is 382 g/mol. The van der Waals surface area contributed by atoms with Gasteiger partial charge in [-0.15, -0.1) is 10.2 Å². The van der Waals surface area contributed by atoms with E-state index in [1.54, 1.807) is 36.3 Å². The molecule has 2 aromatic heterocycles. The molecule has 2 heterocycles. The molecule has 0 saturated carbocycles. The Morgan fingerprint density at radius 1 is 0.966 bits per heavy atom. The van der Waals surface area contributed by atoms with Gasteiger partial charge in [-0.05, 0) is 48.9 Å². The Morgan fingerprint density at radius 2 is 1.66 bits per heavy atom. The van der Waals surface area contributed by atoms with E-state index in [-0.39, 0.29) is 0 Å². The molecule has 0 bridgehead atoms. The van der Waals surface area contributed by atoms with Crippen LogP contribution in [0.2, 0.25) is 0 Å². The highest BCUT2D eigenvalue weighted by Gasteiger charge is 2.16. The van der Waals surface area contributed by atoms with Gasteiger partial charge in [0.15, 0.2) is 11.0 Å². The quantitative estimate of drug-likeness (QED) is 0.493. The predicted octanol–water partition coefficient (Wildman–Crippen LogP) is 4.03. The molecule has 0 saturated heterocycles. The van der Waals surface area contributed by atoms with Crippen molar-refractivity contribution in [2.24, 2.45) is 5.73 Å². The third-order valence-electron chi connectivity index (χ3n) is 4.47. The second-order valence-corrected chi connectivity index (χ2v) is 7.51. The summed E-state index contributed by atoms with van der Waals surface area (Å²) in [7, 11) is 0. The highest BCUT2D eigenvalue weighted by atomic mass is 32.2. The molecule has 29 heavy (non-hydrogen) atoms. The van der Waals surface area contributed by atoms with E-state index in [2.05, 4.69) is 50.9 Å². The largest absolute Gasteiger partial charge is 0.366 e. The van der Waals surface area contributed by atoms with Gasteiger partial charge in [0.1, 0.15) is 0 Å². The number of carbonyl (C=O) groups is 1. The molecule has 0 spiro atoms. The van der Waals surface area contributed by atoms with Gasteiger partial charge < -0.3 is 5.73 Å². The lowest BCUT2D eigenvalue weighted by Crippen LogP contribution is -2.10. The number of hydrogen-bond donors (Lipinski definition) is 1. The van der Waals surface area contributed by atoms with Crippen molar-refractivity contribution in [3.05, 3.63) is 89.7 Å². The smallest absolute Gasteiger partial charge is 0.248 e. The first-order chi connectivity index (χ1) is 14.1. The van der Waals surface area contributed by atoms with Crippen LogP contribution in [0.4, 0.5) is 0 Å². The van der Waals surface area contributed by atoms with Gasteiger partial charge in [0.2, 0.25) is 5.91 Å². The number of amides is 1. The van der Waals surface area contributed by atoms with E-state index >= 15 is 0 Å². The number of carbonyl (C=O) groups excluding carboxylic acids is 1. The van der Waals surface area contributed by atoms with Crippen LogP contribution in [0, 0.1) is 6.92 Å². The van der Waals surface area contributed by atoms with Crippen LogP contribution in [0.1, 0.15) is 21.5 Å². The van der Waals surface area contributed by atoms with Crippen LogP contribution >= 0.6 is 11.8 Å². The fourth-order valence-corrected chi connectivity index (χ4v) is 3.80. The van der Waals surface area contributed by atoms with E-state index in [0.29, 0.717) is 11.3 Å². The predicted molar refractivity (Wildman–Crippen MR) is 114 cm³/mol. The fourth-order valence-electron chi connectivity index (χ4n) is 2.89. The van der Waals surface area contributed by atoms with Gasteiger partial charge in [0, 0.05) is 35.0 Å². The summed E-state index contributed by atoms with van der Waals surface area (Å²) < 4.78 is 2.05. The molecule has 7 heteroatoms. The van der Waals surface area contributed by atoms with E-state index in [0.717, 1.165) is 27.8 Å². The molecule has 0 radical (unpaired) electrons. The number of nitrogens with zero attached hydrogens (tertiary/aromatic N) is 4. The Bertz CT molecular complexity index is 1120. The Morgan fingerprint density at radius 3 is 2.31 bits per heavy atom. The Balaban J connectivity index is 1.67. The van der Waals surface area contributed by atoms with Crippen LogP contribution in [0.25, 0.3) is 17.1 Å². The Kier molecular flexibility index (Phi) is 5.39. The normalized spacial score (nSPS) is 10.8. The lowest BCUT2D eigenvalue weighted by atomic mass is 10.1. The fraction of sp³-hybridized carbons (Fsp3) is 0.0909. The molecule has 1 amide bonds. The summed E-state index contributed by atoms with van der Waals surface area (Å²) in [5.74, 6) is 1.03. The number of rotatable bonds is 6. The van der Waals surface area contributed by atoms with Crippen LogP contribution in [-0.4, -0.2) is 25.7 Å². The summed E-state index contributed by atoms with van der Waals surface area (Å²) in [5.41, 5.74) is 10.0. The molecule has 4 rings (SSSR count). The number of nitrogens with two attached hydrogens (primary N) is 1. The second-order valence-electron chi connectivity index (χ2n) is 6.56. The number of aromatic nitrogens is 4. The van der Waals surface area contributed by atoms with Crippen LogP contribution < -0.4 is 5.73 Å². The molecule has 4 aromatic rings. The van der Waals surface area contributed by atoms with E-state index in [4.69, 9.17) is 5.73 Å². The third-order valence-corrected chi connectivity index (χ3v) is 5.47. The van der Waals surface area contributed by atoms with Crippen molar-refractivity contribution in [2.45, 2.75) is 17.8 Å². The van der Waals surface area contributed by atoms with Gasteiger partial charge in [-0.25, -0.2) is 0 Å². The SMILES string of the molecule is Cc1ccc(-n2c(SCc3ccc(C(N)=O)cc3)nnc2-c2ccncc2)cc1. The van der Waals surface area contributed by atoms with E-state index in [1.165, 1.54) is 5.56 Å². The summed E-state index contributed by atoms with van der Waals surface area (Å²) in [5, 5.41) is 9.66. The topological polar surface area (TPSA) is 86.7 Å². The standard InChI is InChI=1S/C22H19N5OS/c1-15-2-8-19(9-3-15)27-21(18-10-12-24-13-11-18)25-26-22(27)29-14-16-4-6-17(7-5-16)20(23)28/h2-13H,14H2,1H3,(H2,23,28). The maximum atomic E-state index is 11.2. The first-order valence-electron chi connectivity index (χ1n) is 9.06. The second kappa shape index (κ2) is 8.28. The maximum absolute atomic E-state index is 11.2. The first kappa shape index (κ1) is 18.9. The van der Waals surface area contributed by atoms with Gasteiger partial charge >= 0.3 is 0 Å². The minimum atomic E-state index is -0.426. The Hall–Kier alpha value is -3.45. The van der Waals surface area contributed by atoms with Crippen molar-refractivity contribution in [2.75, 3.05) is 0 Å². The molecular formula is C22H19N5OS. The molecule has 0 unspecified atom stereocenters. The monoisotopic (exact) mass is 401 g/mol. The lowest BCUT2D eigenvalue weighted by molar-refractivity contribution is 0.100. The highest BCUT2D eigenvalue weighted by molar-refractivity contribution is 7.98. The molecule has 0 aliphatic heterocycles. The van der Waals surface area contributed by atoms with Crippen LogP contribution in [0.5, 0.6) is 0 Å². The highest BCUT2D eigenvalue weighted by Crippen LogP contribution is 2.29. The zero-order valence-corrected chi connectivity index (χ0v) is 16.6. The summed E-state index contributed by atoms with van der Waals surface area (Å²) >= 11 is 1.59. The summed E-state index contributed by atoms with van der Waals surface area (Å²) in [6.07, 6.45) is 3.49. The number of pyridine rings is 1. The van der Waals surface area contributed by atoms with E-state index < -0.39 is 5.91 Å². The average Bonchev–Trinajstić information content (AvgIpc) is 3.17. The molecule has 0 fully saturated rings. The number of hydrogen-bond acceptors (Lipinski definition) is 5. The van der Waals surface area contributed by atoms with Gasteiger partial charge in [0.25, 0.3) is 0 Å². The Labute approximate surface area is 172 Å². The van der Waals surface area contributed by atoms with Gasteiger partial charge in [-0.3, -0.25) is 14.3 Å². The maximum Gasteiger partial charge on any atom is 0.248 e. The van der Waals surface area contributed by atoms with Crippen molar-refractivity contribution >= 4 is 17.7 Å². The summed E-state index contributed by atoms with van der Waals surface area (Å²) in [6, 6.07) is 19.4. The average molecular weight is 401 g/mol. The van der Waals surface area contributed by atoms with Crippen LogP contribution in [0.15, 0.2) is 78.2 Å². The minimum absolute atomic E-state index is 0.426. The van der Waals surface area contributed by atoms with Crippen molar-refractivity contribution in [1.82, 2.24) is 19.7 Å². The zero-order valence-electron chi connectivity index (χ0n) is 15.8. The van der Waals surface area contributed by atoms with Crippen molar-refractivity contribution in [1.29, 1.82) is 0 Å². The lowest BCUT2D eigenvalue weighted by Gasteiger charge is -2.11. The van der Waals surface area contributed by atoms with Crippen LogP contribution in [0.3, 0.4) is 0 Å². The van der Waals surface area contributed by atoms with Gasteiger partial charge in [-0.1, -0.05) is 41.6 Å². The summed E-state index contributed by atoms with van der Waals surface area (Å²) in [6.45, 7) is 2.06. The minimum Gasteiger partial charge on any atom is -0.366 e. The van der Waals surface area contributed by atoms with Crippen molar-refractivity contribution < 1.29 is 4.79 Å². The molecule has 2 N–H and O–H groups in total. The zero-order chi connectivity index (χ0) is 20.2. The molecule has 144 valence electrons. The molecule has 0 aliphatic carbocycles.